The summed E-state index contributed by atoms with van der Waals surface area (Å²) in [4.78, 5) is 8.89. The molecule has 0 saturated carbocycles. The normalized spacial score (nSPS) is 12.0. The van der Waals surface area contributed by atoms with Crippen LogP contribution in [0.2, 0.25) is 0 Å². The second-order valence-electron chi connectivity index (χ2n) is 8.44. The molecule has 0 aliphatic rings. The van der Waals surface area contributed by atoms with E-state index < -0.39 is 0 Å². The predicted molar refractivity (Wildman–Crippen MR) is 131 cm³/mol. The highest BCUT2D eigenvalue weighted by Gasteiger charge is 2.06. The quantitative estimate of drug-likeness (QED) is 0.228. The molecule has 32 heavy (non-hydrogen) atoms. The van der Waals surface area contributed by atoms with Crippen molar-refractivity contribution in [2.24, 2.45) is 0 Å². The third kappa shape index (κ3) is 10.9. The summed E-state index contributed by atoms with van der Waals surface area (Å²) in [5, 5.41) is 0. The maximum Gasteiger partial charge on any atom is 0.159 e. The first-order valence-corrected chi connectivity index (χ1v) is 12.5. The van der Waals surface area contributed by atoms with Crippen molar-refractivity contribution in [1.82, 2.24) is 9.97 Å². The highest BCUT2D eigenvalue weighted by molar-refractivity contribution is 5.56. The van der Waals surface area contributed by atoms with E-state index >= 15 is 0 Å². The van der Waals surface area contributed by atoms with Crippen molar-refractivity contribution >= 4 is 0 Å². The van der Waals surface area contributed by atoms with Gasteiger partial charge in [-0.05, 0) is 44.0 Å². The van der Waals surface area contributed by atoms with Crippen molar-refractivity contribution in [3.63, 3.8) is 0 Å². The van der Waals surface area contributed by atoms with Gasteiger partial charge >= 0.3 is 0 Å². The number of aromatic nitrogens is 2. The van der Waals surface area contributed by atoms with E-state index in [4.69, 9.17) is 14.2 Å². The molecule has 1 aromatic heterocycles. The number of nitrogens with zero attached hydrogens (tertiary/aromatic N) is 2. The minimum atomic E-state index is 0.0557. The molecular formula is C27H42N2O3. The van der Waals surface area contributed by atoms with Gasteiger partial charge in [0.05, 0.1) is 25.1 Å². The second-order valence-corrected chi connectivity index (χ2v) is 8.44. The van der Waals surface area contributed by atoms with Gasteiger partial charge in [-0.25, -0.2) is 9.97 Å². The Balaban J connectivity index is 1.67. The molecule has 1 heterocycles. The van der Waals surface area contributed by atoms with Gasteiger partial charge < -0.3 is 14.2 Å². The molecule has 0 saturated heterocycles. The van der Waals surface area contributed by atoms with Crippen LogP contribution in [-0.2, 0) is 4.74 Å². The van der Waals surface area contributed by atoms with Crippen LogP contribution in [0.5, 0.6) is 11.5 Å². The molecule has 0 aliphatic carbocycles. The van der Waals surface area contributed by atoms with Crippen molar-refractivity contribution in [2.75, 3.05) is 19.8 Å². The van der Waals surface area contributed by atoms with Crippen LogP contribution < -0.4 is 9.47 Å². The van der Waals surface area contributed by atoms with Gasteiger partial charge in [0.1, 0.15) is 12.4 Å². The van der Waals surface area contributed by atoms with Gasteiger partial charge in [-0.3, -0.25) is 0 Å². The average molecular weight is 443 g/mol. The van der Waals surface area contributed by atoms with E-state index in [1.807, 2.05) is 31.2 Å². The van der Waals surface area contributed by atoms with Gasteiger partial charge in [0, 0.05) is 12.2 Å². The molecule has 0 amide bonds. The van der Waals surface area contributed by atoms with E-state index in [-0.39, 0.29) is 6.10 Å². The number of rotatable bonds is 18. The minimum Gasteiger partial charge on any atom is -0.494 e. The number of unbranched alkanes of at least 4 members (excludes halogenated alkanes) is 8. The molecule has 2 aromatic rings. The van der Waals surface area contributed by atoms with Gasteiger partial charge in [0.15, 0.2) is 11.6 Å². The van der Waals surface area contributed by atoms with Gasteiger partial charge in [0.25, 0.3) is 0 Å². The highest BCUT2D eigenvalue weighted by Crippen LogP contribution is 2.21. The minimum absolute atomic E-state index is 0.0557. The lowest BCUT2D eigenvalue weighted by Crippen LogP contribution is -2.18. The highest BCUT2D eigenvalue weighted by atomic mass is 16.5. The SMILES string of the molecule is CCCCCCCCOc1ccc(-c2ncc(OC[C@@H](C)OCCCCCC)cn2)cc1. The Morgan fingerprint density at radius 3 is 1.97 bits per heavy atom. The maximum absolute atomic E-state index is 5.85. The third-order valence-electron chi connectivity index (χ3n) is 5.39. The van der Waals surface area contributed by atoms with Gasteiger partial charge in [-0.15, -0.1) is 0 Å². The zero-order valence-corrected chi connectivity index (χ0v) is 20.4. The molecule has 5 heteroatoms. The molecule has 0 fully saturated rings. The van der Waals surface area contributed by atoms with E-state index in [9.17, 15) is 0 Å². The summed E-state index contributed by atoms with van der Waals surface area (Å²) in [6.07, 6.45) is 16.0. The summed E-state index contributed by atoms with van der Waals surface area (Å²) in [6, 6.07) is 7.97. The van der Waals surface area contributed by atoms with Crippen LogP contribution in [0, 0.1) is 0 Å². The lowest BCUT2D eigenvalue weighted by Gasteiger charge is -2.14. The fourth-order valence-corrected chi connectivity index (χ4v) is 3.39. The van der Waals surface area contributed by atoms with Crippen LogP contribution in [0.1, 0.15) is 85.0 Å². The number of hydrogen-bond donors (Lipinski definition) is 0. The van der Waals surface area contributed by atoms with Crippen LogP contribution in [-0.4, -0.2) is 35.9 Å². The van der Waals surface area contributed by atoms with Crippen molar-refractivity contribution in [3.05, 3.63) is 36.7 Å². The van der Waals surface area contributed by atoms with Gasteiger partial charge in [-0.2, -0.15) is 0 Å². The molecular weight excluding hydrogens is 400 g/mol. The van der Waals surface area contributed by atoms with Crippen molar-refractivity contribution in [3.8, 4) is 22.9 Å². The third-order valence-corrected chi connectivity index (χ3v) is 5.39. The lowest BCUT2D eigenvalue weighted by molar-refractivity contribution is 0.0301. The van der Waals surface area contributed by atoms with Crippen molar-refractivity contribution in [1.29, 1.82) is 0 Å². The number of hydrogen-bond acceptors (Lipinski definition) is 5. The first kappa shape index (κ1) is 26.1. The first-order valence-electron chi connectivity index (χ1n) is 12.5. The summed E-state index contributed by atoms with van der Waals surface area (Å²) in [6.45, 7) is 8.56. The Labute approximate surface area is 194 Å². The smallest absolute Gasteiger partial charge is 0.159 e. The Morgan fingerprint density at radius 1 is 0.688 bits per heavy atom. The van der Waals surface area contributed by atoms with Gasteiger partial charge in [-0.1, -0.05) is 65.2 Å². The zero-order valence-electron chi connectivity index (χ0n) is 20.4. The summed E-state index contributed by atoms with van der Waals surface area (Å²) in [5.74, 6) is 2.24. The van der Waals surface area contributed by atoms with E-state index in [0.717, 1.165) is 37.4 Å². The molecule has 5 nitrogen and oxygen atoms in total. The topological polar surface area (TPSA) is 53.5 Å². The summed E-state index contributed by atoms with van der Waals surface area (Å²) in [5.41, 5.74) is 0.965. The molecule has 0 unspecified atom stereocenters. The van der Waals surface area contributed by atoms with E-state index in [1.165, 1.54) is 51.4 Å². The molecule has 178 valence electrons. The largest absolute Gasteiger partial charge is 0.494 e. The van der Waals surface area contributed by atoms with Crippen LogP contribution in [0.25, 0.3) is 11.4 Å². The van der Waals surface area contributed by atoms with Crippen molar-refractivity contribution in [2.45, 2.75) is 91.1 Å². The number of ether oxygens (including phenoxy) is 3. The second kappa shape index (κ2) is 16.5. The zero-order chi connectivity index (χ0) is 22.9. The molecule has 0 bridgehead atoms. The number of benzene rings is 1. The molecule has 0 radical (unpaired) electrons. The Morgan fingerprint density at radius 2 is 1.28 bits per heavy atom. The van der Waals surface area contributed by atoms with Crippen molar-refractivity contribution < 1.29 is 14.2 Å². The molecule has 0 spiro atoms. The molecule has 0 N–H and O–H groups in total. The Hall–Kier alpha value is -2.14. The van der Waals surface area contributed by atoms with Crippen LogP contribution in [0.15, 0.2) is 36.7 Å². The first-order chi connectivity index (χ1) is 15.7. The van der Waals surface area contributed by atoms with E-state index in [0.29, 0.717) is 18.2 Å². The van der Waals surface area contributed by atoms with Crippen LogP contribution >= 0.6 is 0 Å². The lowest BCUT2D eigenvalue weighted by atomic mass is 10.1. The monoisotopic (exact) mass is 442 g/mol. The maximum atomic E-state index is 5.85. The summed E-state index contributed by atoms with van der Waals surface area (Å²) >= 11 is 0. The summed E-state index contributed by atoms with van der Waals surface area (Å²) < 4.78 is 17.4. The predicted octanol–water partition coefficient (Wildman–Crippen LogP) is 7.25. The molecule has 1 atom stereocenters. The summed E-state index contributed by atoms with van der Waals surface area (Å²) in [7, 11) is 0. The Kier molecular flexibility index (Phi) is 13.5. The average Bonchev–Trinajstić information content (AvgIpc) is 2.83. The van der Waals surface area contributed by atoms with Gasteiger partial charge in [0.2, 0.25) is 0 Å². The van der Waals surface area contributed by atoms with Crippen LogP contribution in [0.3, 0.4) is 0 Å². The van der Waals surface area contributed by atoms with E-state index in [2.05, 4.69) is 23.8 Å². The van der Waals surface area contributed by atoms with Crippen LogP contribution in [0.4, 0.5) is 0 Å². The fourth-order valence-electron chi connectivity index (χ4n) is 3.39. The Bertz CT molecular complexity index is 704. The molecule has 0 aliphatic heterocycles. The fraction of sp³-hybridized carbons (Fsp3) is 0.630. The standard InChI is InChI=1S/C27H42N2O3/c1-4-6-8-10-11-13-19-31-25-16-14-24(15-17-25)27-28-20-26(21-29-27)32-22-23(3)30-18-12-9-7-5-2/h14-17,20-21,23H,4-13,18-19,22H2,1-3H3/t23-/m1/s1. The molecule has 1 aromatic carbocycles. The molecule has 2 rings (SSSR count). The van der Waals surface area contributed by atoms with E-state index in [1.54, 1.807) is 12.4 Å².